The largest absolute Gasteiger partial charge is 0.507 e. The van der Waals surface area contributed by atoms with Crippen LogP contribution in [0.2, 0.25) is 0 Å². The van der Waals surface area contributed by atoms with E-state index in [0.717, 1.165) is 0 Å². The summed E-state index contributed by atoms with van der Waals surface area (Å²) in [5.41, 5.74) is 0.370. The molecule has 14 atom stereocenters. The first-order chi connectivity index (χ1) is 27.7. The third kappa shape index (κ3) is 11.4. The molecule has 1 aliphatic heterocycles. The highest BCUT2D eigenvalue weighted by Crippen LogP contribution is 2.47. The van der Waals surface area contributed by atoms with E-state index in [-0.39, 0.29) is 59.5 Å². The van der Waals surface area contributed by atoms with Crippen LogP contribution in [0.4, 0.5) is 0 Å². The van der Waals surface area contributed by atoms with Crippen molar-refractivity contribution in [2.75, 3.05) is 27.4 Å². The molecular formula is C41H60O18. The number of phenolic OH excluding ortho intramolecular Hbond substituents is 2. The third-order valence-corrected chi connectivity index (χ3v) is 10.7. The Morgan fingerprint density at radius 2 is 1.53 bits per heavy atom. The average molecular weight is 841 g/mol. The van der Waals surface area contributed by atoms with Crippen molar-refractivity contribution in [3.05, 3.63) is 28.8 Å². The summed E-state index contributed by atoms with van der Waals surface area (Å²) in [5.74, 6) is -3.60. The van der Waals surface area contributed by atoms with E-state index in [2.05, 4.69) is 0 Å². The molecule has 2 aliphatic rings. The third-order valence-electron chi connectivity index (χ3n) is 10.7. The Kier molecular flexibility index (Phi) is 17.0. The van der Waals surface area contributed by atoms with E-state index >= 15 is 0 Å². The number of carbonyl (C=O) groups is 3. The molecule has 0 radical (unpaired) electrons. The summed E-state index contributed by atoms with van der Waals surface area (Å²) >= 11 is 0. The van der Waals surface area contributed by atoms with Crippen molar-refractivity contribution < 1.29 is 87.7 Å². The van der Waals surface area contributed by atoms with Crippen LogP contribution in [-0.2, 0) is 53.9 Å². The predicted octanol–water partition coefficient (Wildman–Crippen LogP) is 1.96. The van der Waals surface area contributed by atoms with Crippen molar-refractivity contribution in [1.29, 1.82) is 0 Å². The highest BCUT2D eigenvalue weighted by atomic mass is 16.7. The zero-order valence-electron chi connectivity index (χ0n) is 35.1. The van der Waals surface area contributed by atoms with Gasteiger partial charge in [-0.05, 0) is 78.0 Å². The first-order valence-electron chi connectivity index (χ1n) is 19.6. The fraction of sp³-hybridized carbons (Fsp3) is 0.683. The van der Waals surface area contributed by atoms with Crippen molar-refractivity contribution >= 4 is 28.3 Å². The highest BCUT2D eigenvalue weighted by molar-refractivity contribution is 6.11. The van der Waals surface area contributed by atoms with E-state index < -0.39 is 109 Å². The molecule has 1 heterocycles. The molecule has 59 heavy (non-hydrogen) atoms. The number of rotatable bonds is 20. The highest BCUT2D eigenvalue weighted by Gasteiger charge is 2.47. The predicted molar refractivity (Wildman–Crippen MR) is 207 cm³/mol. The SMILES string of the molecule is COC[C@H](O)C(C)OC(C)O[C@@H]1C(=O)c2c(cc3cc(O[C@H]4CC(OC(C)OC(C)[C@@H](O)COC(C)=O)[C@H](O)C(C)O4)c(C)c(O)c3c2O)C[C@H]1[C@H](OC)[C@@H](O)C(C)=O. The molecule has 18 heteroatoms. The number of aromatic hydroxyl groups is 2. The molecule has 0 saturated carbocycles. The lowest BCUT2D eigenvalue weighted by molar-refractivity contribution is -0.271. The number of hydrogen-bond donors (Lipinski definition) is 6. The van der Waals surface area contributed by atoms with Gasteiger partial charge in [-0.15, -0.1) is 0 Å². The van der Waals surface area contributed by atoms with E-state index in [4.69, 9.17) is 42.6 Å². The molecule has 0 spiro atoms. The summed E-state index contributed by atoms with van der Waals surface area (Å²) in [4.78, 5) is 37.9. The smallest absolute Gasteiger partial charge is 0.302 e. The van der Waals surface area contributed by atoms with Crippen LogP contribution in [0.5, 0.6) is 17.2 Å². The normalized spacial score (nSPS) is 26.2. The average Bonchev–Trinajstić information content (AvgIpc) is 3.15. The first-order valence-corrected chi connectivity index (χ1v) is 19.6. The minimum absolute atomic E-state index is 0.0119. The second-order valence-corrected chi connectivity index (χ2v) is 15.3. The van der Waals surface area contributed by atoms with Gasteiger partial charge in [0.25, 0.3) is 0 Å². The molecule has 18 nitrogen and oxygen atoms in total. The Bertz CT molecular complexity index is 1770. The lowest BCUT2D eigenvalue weighted by Crippen LogP contribution is -2.52. The summed E-state index contributed by atoms with van der Waals surface area (Å²) in [6.07, 6.45) is -13.7. The Balaban J connectivity index is 1.64. The Labute approximate surface area is 343 Å². The second kappa shape index (κ2) is 20.8. The first kappa shape index (κ1) is 48.1. The van der Waals surface area contributed by atoms with Gasteiger partial charge in [-0.2, -0.15) is 0 Å². The molecule has 4 rings (SSSR count). The molecule has 1 saturated heterocycles. The molecule has 2 aromatic rings. The van der Waals surface area contributed by atoms with Gasteiger partial charge >= 0.3 is 5.97 Å². The van der Waals surface area contributed by atoms with Crippen LogP contribution in [0, 0.1) is 12.8 Å². The van der Waals surface area contributed by atoms with E-state index in [1.165, 1.54) is 35.0 Å². The van der Waals surface area contributed by atoms with Gasteiger partial charge in [-0.3, -0.25) is 14.4 Å². The number of Topliss-reactive ketones (excluding diaryl/α,β-unsaturated/α-hetero) is 2. The number of esters is 1. The molecular weight excluding hydrogens is 780 g/mol. The van der Waals surface area contributed by atoms with Gasteiger partial charge in [0.05, 0.1) is 48.1 Å². The van der Waals surface area contributed by atoms with E-state index in [0.29, 0.717) is 5.56 Å². The van der Waals surface area contributed by atoms with Gasteiger partial charge in [0.2, 0.25) is 6.29 Å². The van der Waals surface area contributed by atoms with Gasteiger partial charge in [0.15, 0.2) is 24.1 Å². The topological polar surface area (TPSA) is 256 Å². The summed E-state index contributed by atoms with van der Waals surface area (Å²) in [5, 5.41) is 65.9. The molecule has 2 aromatic carbocycles. The van der Waals surface area contributed by atoms with E-state index in [1.807, 2.05) is 0 Å². The summed E-state index contributed by atoms with van der Waals surface area (Å²) in [6.45, 7) is 11.6. The molecule has 1 aliphatic carbocycles. The van der Waals surface area contributed by atoms with Gasteiger partial charge < -0.3 is 73.3 Å². The Morgan fingerprint density at radius 3 is 2.10 bits per heavy atom. The Hall–Kier alpha value is -3.53. The van der Waals surface area contributed by atoms with Crippen molar-refractivity contribution in [2.45, 2.75) is 148 Å². The van der Waals surface area contributed by atoms with Crippen molar-refractivity contribution in [3.8, 4) is 17.2 Å². The minimum atomic E-state index is -1.63. The van der Waals surface area contributed by atoms with Crippen LogP contribution in [-0.4, -0.2) is 156 Å². The summed E-state index contributed by atoms with van der Waals surface area (Å²) in [7, 11) is 2.71. The van der Waals surface area contributed by atoms with E-state index in [1.54, 1.807) is 46.8 Å². The zero-order valence-corrected chi connectivity index (χ0v) is 35.1. The molecule has 0 bridgehead atoms. The van der Waals surface area contributed by atoms with E-state index in [9.17, 15) is 45.0 Å². The van der Waals surface area contributed by atoms with Crippen LogP contribution < -0.4 is 4.74 Å². The minimum Gasteiger partial charge on any atom is -0.507 e. The lowest BCUT2D eigenvalue weighted by Gasteiger charge is -2.39. The maximum absolute atomic E-state index is 14.4. The van der Waals surface area contributed by atoms with Gasteiger partial charge in [-0.25, -0.2) is 0 Å². The number of hydrogen-bond acceptors (Lipinski definition) is 18. The van der Waals surface area contributed by atoms with Crippen LogP contribution in [0.15, 0.2) is 12.1 Å². The number of carbonyl (C=O) groups excluding carboxylic acids is 3. The molecule has 0 amide bonds. The fourth-order valence-corrected chi connectivity index (χ4v) is 7.45. The van der Waals surface area contributed by atoms with Gasteiger partial charge in [0.1, 0.15) is 54.4 Å². The number of aliphatic hydroxyl groups excluding tert-OH is 4. The van der Waals surface area contributed by atoms with Gasteiger partial charge in [0, 0.05) is 39.0 Å². The monoisotopic (exact) mass is 840 g/mol. The Morgan fingerprint density at radius 1 is 0.915 bits per heavy atom. The van der Waals surface area contributed by atoms with Crippen LogP contribution in [0.1, 0.15) is 76.4 Å². The van der Waals surface area contributed by atoms with Gasteiger partial charge in [-0.1, -0.05) is 0 Å². The van der Waals surface area contributed by atoms with Crippen molar-refractivity contribution in [3.63, 3.8) is 0 Å². The number of fused-ring (bicyclic) bond motifs is 2. The fourth-order valence-electron chi connectivity index (χ4n) is 7.45. The maximum atomic E-state index is 14.4. The van der Waals surface area contributed by atoms with Crippen LogP contribution in [0.3, 0.4) is 0 Å². The molecule has 332 valence electrons. The molecule has 1 fully saturated rings. The number of methoxy groups -OCH3 is 2. The van der Waals surface area contributed by atoms with Crippen LogP contribution in [0.25, 0.3) is 10.8 Å². The molecule has 6 N–H and O–H groups in total. The standard InChI is InChI=1S/C41H60O18/c1-17-30(59-32-14-31(37(48)21(5)56-32)57-23(7)54-20(4)29(45)16-53-22(6)43)13-26-11-25-12-27(40(52-10)36(47)18(2)42)41(39(50)34(25)38(49)33(26)35(17)46)58-24(8)55-19(3)28(44)15-51-9/h11,13,19-21,23-24,27-29,31-32,36-37,40-41,44-49H,12,14-16H2,1-10H3/t19?,20?,21?,23?,24?,27-,28-,29-,31?,32-,36-,37+,40-,41-/m0/s1. The summed E-state index contributed by atoms with van der Waals surface area (Å²) < 4.78 is 51.3. The number of benzene rings is 2. The lowest BCUT2D eigenvalue weighted by atomic mass is 9.75. The number of aliphatic hydroxyl groups is 4. The number of phenols is 2. The number of ether oxygens (including phenoxy) is 9. The summed E-state index contributed by atoms with van der Waals surface area (Å²) in [6, 6.07) is 3.14. The van der Waals surface area contributed by atoms with Crippen LogP contribution >= 0.6 is 0 Å². The number of ketones is 2. The molecule has 0 aromatic heterocycles. The molecule has 6 unspecified atom stereocenters. The van der Waals surface area contributed by atoms with Crippen molar-refractivity contribution in [2.24, 2.45) is 5.92 Å². The second-order valence-electron chi connectivity index (χ2n) is 15.3. The maximum Gasteiger partial charge on any atom is 0.302 e. The quantitative estimate of drug-likeness (QED) is 0.0823. The zero-order chi connectivity index (χ0) is 44.0. The van der Waals surface area contributed by atoms with Crippen molar-refractivity contribution in [1.82, 2.24) is 0 Å².